The molecule has 0 heterocycles. The van der Waals surface area contributed by atoms with Crippen molar-refractivity contribution in [1.82, 2.24) is 5.32 Å². The summed E-state index contributed by atoms with van der Waals surface area (Å²) < 4.78 is 12.4. The second-order valence-electron chi connectivity index (χ2n) is 9.78. The SMILES string of the molecule is CCC(CNC(C)(C)C)C(O)c1ccc(Oc2ccc(C)cc2)c(Oc2ccc(C)cc2)c1. The summed E-state index contributed by atoms with van der Waals surface area (Å²) in [5.74, 6) is 2.73. The Morgan fingerprint density at radius 2 is 1.30 bits per heavy atom. The Kier molecular flexibility index (Phi) is 8.17. The van der Waals surface area contributed by atoms with E-state index in [9.17, 15) is 5.11 Å². The molecule has 3 aromatic carbocycles. The van der Waals surface area contributed by atoms with Gasteiger partial charge < -0.3 is 19.9 Å². The van der Waals surface area contributed by atoms with Gasteiger partial charge in [-0.3, -0.25) is 0 Å². The Balaban J connectivity index is 1.90. The number of ether oxygens (including phenoxy) is 2. The number of aryl methyl sites for hydroxylation is 2. The maximum absolute atomic E-state index is 11.2. The molecule has 4 heteroatoms. The highest BCUT2D eigenvalue weighted by Gasteiger charge is 2.23. The molecule has 0 radical (unpaired) electrons. The van der Waals surface area contributed by atoms with E-state index in [2.05, 4.69) is 33.0 Å². The molecule has 0 aliphatic carbocycles. The highest BCUT2D eigenvalue weighted by molar-refractivity contribution is 5.48. The largest absolute Gasteiger partial charge is 0.453 e. The zero-order valence-corrected chi connectivity index (χ0v) is 20.7. The van der Waals surface area contributed by atoms with Crippen LogP contribution in [-0.4, -0.2) is 17.2 Å². The second-order valence-corrected chi connectivity index (χ2v) is 9.78. The van der Waals surface area contributed by atoms with Crippen molar-refractivity contribution in [3.63, 3.8) is 0 Å². The summed E-state index contributed by atoms with van der Waals surface area (Å²) in [5, 5.41) is 14.7. The summed E-state index contributed by atoms with van der Waals surface area (Å²) in [6.07, 6.45) is 0.249. The Morgan fingerprint density at radius 3 is 1.79 bits per heavy atom. The molecule has 0 aromatic heterocycles. The third-order valence-corrected chi connectivity index (χ3v) is 5.67. The van der Waals surface area contributed by atoms with Crippen LogP contribution < -0.4 is 14.8 Å². The van der Waals surface area contributed by atoms with Crippen LogP contribution in [-0.2, 0) is 0 Å². The van der Waals surface area contributed by atoms with E-state index in [1.54, 1.807) is 0 Å². The highest BCUT2D eigenvalue weighted by Crippen LogP contribution is 2.38. The van der Waals surface area contributed by atoms with E-state index < -0.39 is 6.10 Å². The van der Waals surface area contributed by atoms with Crippen LogP contribution in [0.4, 0.5) is 0 Å². The molecule has 0 fully saturated rings. The van der Waals surface area contributed by atoms with Crippen LogP contribution in [0.3, 0.4) is 0 Å². The quantitative estimate of drug-likeness (QED) is 0.360. The zero-order chi connectivity index (χ0) is 24.0. The van der Waals surface area contributed by atoms with Crippen molar-refractivity contribution in [2.75, 3.05) is 6.54 Å². The predicted molar refractivity (Wildman–Crippen MR) is 135 cm³/mol. The van der Waals surface area contributed by atoms with Gasteiger partial charge in [0.25, 0.3) is 0 Å². The van der Waals surface area contributed by atoms with Gasteiger partial charge in [0.15, 0.2) is 11.5 Å². The van der Waals surface area contributed by atoms with Gasteiger partial charge in [-0.15, -0.1) is 0 Å². The van der Waals surface area contributed by atoms with Gasteiger partial charge in [0.05, 0.1) is 6.10 Å². The third kappa shape index (κ3) is 7.34. The molecule has 2 atom stereocenters. The molecular weight excluding hydrogens is 410 g/mol. The summed E-state index contributed by atoms with van der Waals surface area (Å²) >= 11 is 0. The minimum atomic E-state index is -0.612. The van der Waals surface area contributed by atoms with Gasteiger partial charge in [-0.2, -0.15) is 0 Å². The molecule has 2 N–H and O–H groups in total. The molecule has 3 aromatic rings. The van der Waals surface area contributed by atoms with Gasteiger partial charge in [-0.05, 0) is 83.0 Å². The van der Waals surface area contributed by atoms with E-state index >= 15 is 0 Å². The first-order valence-electron chi connectivity index (χ1n) is 11.7. The smallest absolute Gasteiger partial charge is 0.170 e. The van der Waals surface area contributed by atoms with Crippen molar-refractivity contribution < 1.29 is 14.6 Å². The first-order chi connectivity index (χ1) is 15.6. The molecule has 0 spiro atoms. The van der Waals surface area contributed by atoms with Gasteiger partial charge in [0, 0.05) is 18.0 Å². The lowest BCUT2D eigenvalue weighted by Gasteiger charge is -2.28. The maximum Gasteiger partial charge on any atom is 0.170 e. The fraction of sp³-hybridized carbons (Fsp3) is 0.379. The number of nitrogens with one attached hydrogen (secondary N) is 1. The number of rotatable bonds is 9. The van der Waals surface area contributed by atoms with Crippen LogP contribution >= 0.6 is 0 Å². The van der Waals surface area contributed by atoms with E-state index in [4.69, 9.17) is 9.47 Å². The number of hydrogen-bond donors (Lipinski definition) is 2. The van der Waals surface area contributed by atoms with E-state index in [0.717, 1.165) is 30.0 Å². The van der Waals surface area contributed by atoms with E-state index in [1.807, 2.05) is 80.6 Å². The van der Waals surface area contributed by atoms with Crippen LogP contribution in [0.5, 0.6) is 23.0 Å². The average Bonchev–Trinajstić information content (AvgIpc) is 2.77. The molecule has 0 amide bonds. The Hall–Kier alpha value is -2.82. The first-order valence-corrected chi connectivity index (χ1v) is 11.7. The van der Waals surface area contributed by atoms with Crippen molar-refractivity contribution in [1.29, 1.82) is 0 Å². The Bertz CT molecular complexity index is 1020. The highest BCUT2D eigenvalue weighted by atomic mass is 16.5. The summed E-state index contributed by atoms with van der Waals surface area (Å²) in [7, 11) is 0. The van der Waals surface area contributed by atoms with Gasteiger partial charge in [-0.25, -0.2) is 0 Å². The number of benzene rings is 3. The normalized spacial score (nSPS) is 13.4. The lowest BCUT2D eigenvalue weighted by molar-refractivity contribution is 0.100. The van der Waals surface area contributed by atoms with Crippen molar-refractivity contribution >= 4 is 0 Å². The van der Waals surface area contributed by atoms with Crippen LogP contribution in [0.25, 0.3) is 0 Å². The molecular formula is C29H37NO3. The first kappa shape index (κ1) is 24.8. The summed E-state index contributed by atoms with van der Waals surface area (Å²) in [5.41, 5.74) is 3.15. The zero-order valence-electron chi connectivity index (χ0n) is 20.7. The molecule has 0 aliphatic rings. The molecule has 0 saturated heterocycles. The van der Waals surface area contributed by atoms with Crippen molar-refractivity contribution in [2.45, 2.75) is 59.6 Å². The number of aliphatic hydroxyl groups is 1. The fourth-order valence-corrected chi connectivity index (χ4v) is 3.53. The molecule has 3 rings (SSSR count). The van der Waals surface area contributed by atoms with E-state index in [1.165, 1.54) is 11.1 Å². The molecule has 0 saturated carbocycles. The third-order valence-electron chi connectivity index (χ3n) is 5.67. The van der Waals surface area contributed by atoms with Crippen molar-refractivity contribution in [3.05, 3.63) is 83.4 Å². The standard InChI is InChI=1S/C29H37NO3/c1-7-22(19-30-29(4,5)6)28(31)23-12-17-26(32-24-13-8-20(2)9-14-24)27(18-23)33-25-15-10-21(3)11-16-25/h8-18,22,28,30-31H,7,19H2,1-6H3. The maximum atomic E-state index is 11.2. The van der Waals surface area contributed by atoms with Crippen LogP contribution in [0, 0.1) is 19.8 Å². The molecule has 2 unspecified atom stereocenters. The van der Waals surface area contributed by atoms with Crippen LogP contribution in [0.2, 0.25) is 0 Å². The van der Waals surface area contributed by atoms with Crippen molar-refractivity contribution in [2.24, 2.45) is 5.92 Å². The average molecular weight is 448 g/mol. The molecule has 4 nitrogen and oxygen atoms in total. The second kappa shape index (κ2) is 10.9. The van der Waals surface area contributed by atoms with Crippen LogP contribution in [0.15, 0.2) is 66.7 Å². The van der Waals surface area contributed by atoms with Crippen molar-refractivity contribution in [3.8, 4) is 23.0 Å². The Morgan fingerprint density at radius 1 is 0.788 bits per heavy atom. The molecule has 0 bridgehead atoms. The lowest BCUT2D eigenvalue weighted by atomic mass is 9.92. The molecule has 33 heavy (non-hydrogen) atoms. The topological polar surface area (TPSA) is 50.7 Å². The monoisotopic (exact) mass is 447 g/mol. The predicted octanol–water partition coefficient (Wildman–Crippen LogP) is 7.34. The minimum Gasteiger partial charge on any atom is -0.453 e. The van der Waals surface area contributed by atoms with Gasteiger partial charge in [0.1, 0.15) is 11.5 Å². The Labute approximate surface area is 198 Å². The van der Waals surface area contributed by atoms with E-state index in [0.29, 0.717) is 11.5 Å². The molecule has 176 valence electrons. The van der Waals surface area contributed by atoms with Gasteiger partial charge >= 0.3 is 0 Å². The fourth-order valence-electron chi connectivity index (χ4n) is 3.53. The minimum absolute atomic E-state index is 0.00140. The lowest BCUT2D eigenvalue weighted by Crippen LogP contribution is -2.40. The van der Waals surface area contributed by atoms with E-state index in [-0.39, 0.29) is 11.5 Å². The number of aliphatic hydroxyl groups excluding tert-OH is 1. The van der Waals surface area contributed by atoms with Gasteiger partial charge in [-0.1, -0.05) is 48.4 Å². The summed E-state index contributed by atoms with van der Waals surface area (Å²) in [6.45, 7) is 13.3. The van der Waals surface area contributed by atoms with Gasteiger partial charge in [0.2, 0.25) is 0 Å². The van der Waals surface area contributed by atoms with Crippen LogP contribution in [0.1, 0.15) is 56.9 Å². The summed E-state index contributed by atoms with van der Waals surface area (Å²) in [4.78, 5) is 0. The summed E-state index contributed by atoms with van der Waals surface area (Å²) in [6, 6.07) is 21.5. The number of hydrogen-bond acceptors (Lipinski definition) is 4. The molecule has 0 aliphatic heterocycles.